The Bertz CT molecular complexity index is 1740. The van der Waals surface area contributed by atoms with Crippen LogP contribution in [0.25, 0.3) is 0 Å². The first-order chi connectivity index (χ1) is 23.0. The van der Waals surface area contributed by atoms with Crippen LogP contribution in [0.1, 0.15) is 52.6 Å². The molecule has 0 spiro atoms. The van der Waals surface area contributed by atoms with E-state index in [2.05, 4.69) is 0 Å². The fourth-order valence-electron chi connectivity index (χ4n) is 5.78. The minimum Gasteiger partial charge on any atom is -0.326 e. The molecule has 6 aromatic carbocycles. The topological polar surface area (TPSA) is 77.5 Å². The van der Waals surface area contributed by atoms with E-state index in [0.717, 1.165) is 0 Å². The van der Waals surface area contributed by atoms with E-state index in [4.69, 9.17) is 4.74 Å². The van der Waals surface area contributed by atoms with Gasteiger partial charge in [0.1, 0.15) is 0 Å². The first-order valence-corrected chi connectivity index (χ1v) is 15.2. The summed E-state index contributed by atoms with van der Waals surface area (Å²) in [4.78, 5) is 60.6. The fraction of sp³-hybridized carbons (Fsp3) is 0.0476. The molecule has 228 valence electrons. The summed E-state index contributed by atoms with van der Waals surface area (Å²) in [6.07, 6.45) is 0. The largest absolute Gasteiger partial charge is 0.326 e. The average Bonchev–Trinajstić information content (AvgIpc) is 3.16. The monoisotopic (exact) mass is 614 g/mol. The smallest absolute Gasteiger partial charge is 0.220 e. The second kappa shape index (κ2) is 13.5. The van der Waals surface area contributed by atoms with Crippen molar-refractivity contribution >= 4 is 23.1 Å². The molecule has 47 heavy (non-hydrogen) atoms. The number of Topliss-reactive ketones (excluding diaryl/α,β-unsaturated/α-hetero) is 4. The Morgan fingerprint density at radius 1 is 0.298 bits per heavy atom. The Labute approximate surface area is 273 Å². The van der Waals surface area contributed by atoms with Gasteiger partial charge in [-0.1, -0.05) is 182 Å². The fourth-order valence-corrected chi connectivity index (χ4v) is 5.78. The summed E-state index contributed by atoms with van der Waals surface area (Å²) < 4.78 is 7.06. The molecule has 6 rings (SSSR count). The second-order valence-electron chi connectivity index (χ2n) is 11.0. The van der Waals surface area contributed by atoms with Crippen molar-refractivity contribution in [1.29, 1.82) is 0 Å². The van der Waals surface area contributed by atoms with Crippen molar-refractivity contribution in [2.75, 3.05) is 0 Å². The van der Waals surface area contributed by atoms with E-state index in [-0.39, 0.29) is 33.4 Å². The van der Waals surface area contributed by atoms with Crippen LogP contribution in [0, 0.1) is 0 Å². The van der Waals surface area contributed by atoms with Gasteiger partial charge in [0.15, 0.2) is 0 Å². The van der Waals surface area contributed by atoms with Crippen molar-refractivity contribution in [2.45, 2.75) is 11.2 Å². The summed E-state index contributed by atoms with van der Waals surface area (Å²) in [5.41, 5.74) is -3.97. The van der Waals surface area contributed by atoms with E-state index in [0.29, 0.717) is 0 Å². The SMILES string of the molecule is O=C(c1ccccc1)C(OC(C(=O)c1ccccc1)(C(=O)c1ccccc1)c1ccccc1)(C(=O)c1ccccc1)c1ccccc1. The molecule has 0 unspecified atom stereocenters. The van der Waals surface area contributed by atoms with Crippen molar-refractivity contribution in [2.24, 2.45) is 0 Å². The molecule has 5 nitrogen and oxygen atoms in total. The number of hydrogen-bond donors (Lipinski definition) is 0. The molecule has 0 aromatic heterocycles. The van der Waals surface area contributed by atoms with Gasteiger partial charge in [-0.3, -0.25) is 19.2 Å². The van der Waals surface area contributed by atoms with E-state index < -0.39 is 34.3 Å². The zero-order chi connectivity index (χ0) is 32.7. The summed E-state index contributed by atoms with van der Waals surface area (Å²) >= 11 is 0. The van der Waals surface area contributed by atoms with Gasteiger partial charge in [-0.15, -0.1) is 0 Å². The van der Waals surface area contributed by atoms with E-state index in [1.165, 1.54) is 0 Å². The minimum atomic E-state index is -2.49. The molecule has 0 aliphatic rings. The zero-order valence-electron chi connectivity index (χ0n) is 25.4. The molecule has 0 N–H and O–H groups in total. The Hall–Kier alpha value is -6.04. The highest BCUT2D eigenvalue weighted by Crippen LogP contribution is 2.45. The van der Waals surface area contributed by atoms with Gasteiger partial charge in [0.05, 0.1) is 0 Å². The average molecular weight is 615 g/mol. The number of ether oxygens (including phenoxy) is 1. The Kier molecular flexibility index (Phi) is 8.91. The summed E-state index contributed by atoms with van der Waals surface area (Å²) in [6, 6.07) is 49.9. The molecule has 0 aliphatic heterocycles. The van der Waals surface area contributed by atoms with Crippen LogP contribution in [0.3, 0.4) is 0 Å². The van der Waals surface area contributed by atoms with Crippen molar-refractivity contribution in [1.82, 2.24) is 0 Å². The Balaban J connectivity index is 1.75. The lowest BCUT2D eigenvalue weighted by Crippen LogP contribution is -2.57. The van der Waals surface area contributed by atoms with Crippen LogP contribution in [0.2, 0.25) is 0 Å². The molecule has 5 heteroatoms. The highest BCUT2D eigenvalue weighted by Gasteiger charge is 2.60. The predicted octanol–water partition coefficient (Wildman–Crippen LogP) is 8.33. The maximum atomic E-state index is 15.1. The van der Waals surface area contributed by atoms with Gasteiger partial charge in [0, 0.05) is 22.3 Å². The maximum absolute atomic E-state index is 15.1. The van der Waals surface area contributed by atoms with E-state index in [9.17, 15) is 0 Å². The van der Waals surface area contributed by atoms with Crippen molar-refractivity contribution < 1.29 is 23.9 Å². The lowest BCUT2D eigenvalue weighted by Gasteiger charge is -2.41. The van der Waals surface area contributed by atoms with Crippen molar-refractivity contribution in [3.05, 3.63) is 215 Å². The standard InChI is InChI=1S/C42H30O5/c43-37(31-19-7-1-8-20-31)41(35-27-15-5-16-28-35,38(44)32-21-9-2-10-22-32)47-42(36-29-17-6-18-30-36,39(45)33-23-11-3-12-24-33)40(46)34-25-13-4-14-26-34/h1-30H. The predicted molar refractivity (Wildman–Crippen MR) is 180 cm³/mol. The molecular weight excluding hydrogens is 584 g/mol. The highest BCUT2D eigenvalue weighted by atomic mass is 16.5. The second-order valence-corrected chi connectivity index (χ2v) is 11.0. The Morgan fingerprint density at radius 3 is 0.702 bits per heavy atom. The number of carbonyl (C=O) groups is 4. The molecule has 0 saturated carbocycles. The van der Waals surface area contributed by atoms with Crippen molar-refractivity contribution in [3.8, 4) is 0 Å². The van der Waals surface area contributed by atoms with Gasteiger partial charge in [0.25, 0.3) is 0 Å². The number of carbonyl (C=O) groups excluding carboxylic acids is 4. The number of hydrogen-bond acceptors (Lipinski definition) is 5. The lowest BCUT2D eigenvalue weighted by atomic mass is 9.75. The minimum absolute atomic E-state index is 0.168. The summed E-state index contributed by atoms with van der Waals surface area (Å²) in [6.45, 7) is 0. The van der Waals surface area contributed by atoms with Gasteiger partial charge < -0.3 is 4.74 Å². The first kappa shape index (κ1) is 31.0. The lowest BCUT2D eigenvalue weighted by molar-refractivity contribution is -0.0835. The van der Waals surface area contributed by atoms with Crippen molar-refractivity contribution in [3.63, 3.8) is 0 Å². The summed E-state index contributed by atoms with van der Waals surface area (Å²) in [7, 11) is 0. The van der Waals surface area contributed by atoms with Gasteiger partial charge >= 0.3 is 0 Å². The molecule has 0 aliphatic carbocycles. The van der Waals surface area contributed by atoms with Crippen LogP contribution in [-0.4, -0.2) is 23.1 Å². The van der Waals surface area contributed by atoms with E-state index in [1.807, 2.05) is 0 Å². The normalized spacial score (nSPS) is 11.4. The third-order valence-corrected chi connectivity index (χ3v) is 8.09. The van der Waals surface area contributed by atoms with Crippen LogP contribution < -0.4 is 0 Å². The third-order valence-electron chi connectivity index (χ3n) is 8.09. The summed E-state index contributed by atoms with van der Waals surface area (Å²) in [5, 5.41) is 0. The maximum Gasteiger partial charge on any atom is 0.220 e. The first-order valence-electron chi connectivity index (χ1n) is 15.2. The van der Waals surface area contributed by atoms with E-state index >= 15 is 19.2 Å². The zero-order valence-corrected chi connectivity index (χ0v) is 25.4. The molecule has 0 saturated heterocycles. The van der Waals surface area contributed by atoms with Gasteiger partial charge in [-0.25, -0.2) is 0 Å². The van der Waals surface area contributed by atoms with Crippen LogP contribution in [-0.2, 0) is 15.9 Å². The van der Waals surface area contributed by atoms with Crippen LogP contribution in [0.5, 0.6) is 0 Å². The molecule has 0 heterocycles. The van der Waals surface area contributed by atoms with Gasteiger partial charge in [-0.05, 0) is 11.1 Å². The number of ketones is 4. The molecule has 0 amide bonds. The van der Waals surface area contributed by atoms with Gasteiger partial charge in [-0.2, -0.15) is 0 Å². The molecule has 6 aromatic rings. The molecule has 0 bridgehead atoms. The molecular formula is C42H30O5. The van der Waals surface area contributed by atoms with E-state index in [1.54, 1.807) is 182 Å². The van der Waals surface area contributed by atoms with Gasteiger partial charge in [0.2, 0.25) is 34.3 Å². The molecule has 0 radical (unpaired) electrons. The highest BCUT2D eigenvalue weighted by molar-refractivity contribution is 6.26. The Morgan fingerprint density at radius 2 is 0.489 bits per heavy atom. The summed E-state index contributed by atoms with van der Waals surface area (Å²) in [5.74, 6) is -2.89. The third kappa shape index (κ3) is 5.76. The number of rotatable bonds is 12. The molecule has 0 atom stereocenters. The van der Waals surface area contributed by atoms with Crippen LogP contribution in [0.15, 0.2) is 182 Å². The number of benzene rings is 6. The quantitative estimate of drug-likeness (QED) is 0.102. The molecule has 0 fully saturated rings. The van der Waals surface area contributed by atoms with Crippen LogP contribution >= 0.6 is 0 Å². The van der Waals surface area contributed by atoms with Crippen LogP contribution in [0.4, 0.5) is 0 Å².